The molecule has 0 bridgehead atoms. The van der Waals surface area contributed by atoms with Crippen LogP contribution in [0.15, 0.2) is 87.5 Å². The number of halogens is 1. The van der Waals surface area contributed by atoms with Gasteiger partial charge in [-0.25, -0.2) is 0 Å². The highest BCUT2D eigenvalue weighted by atomic mass is 79.9. The van der Waals surface area contributed by atoms with Crippen molar-refractivity contribution in [3.05, 3.63) is 121 Å². The number of carbonyl (C=O) groups is 3. The van der Waals surface area contributed by atoms with Crippen LogP contribution in [0.1, 0.15) is 70.2 Å². The number of carbonyl (C=O) groups excluding carboxylic acids is 3. The number of phenols is 2. The van der Waals surface area contributed by atoms with Gasteiger partial charge in [-0.05, 0) is 78.7 Å². The monoisotopic (exact) mass is 832 g/mol. The number of nitriles is 1. The van der Waals surface area contributed by atoms with E-state index in [1.165, 1.54) is 24.3 Å². The molecule has 7 N–H and O–H groups in total. The lowest BCUT2D eigenvalue weighted by Crippen LogP contribution is -2.24. The van der Waals surface area contributed by atoms with E-state index in [1.54, 1.807) is 13.0 Å². The number of nitrogens with zero attached hydrogens (tertiary/aromatic N) is 5. The van der Waals surface area contributed by atoms with Gasteiger partial charge in [0.15, 0.2) is 0 Å². The Bertz CT molecular complexity index is 2530. The van der Waals surface area contributed by atoms with Crippen LogP contribution in [-0.4, -0.2) is 45.7 Å². The molecule has 16 heteroatoms. The molecule has 0 spiro atoms. The molecule has 290 valence electrons. The summed E-state index contributed by atoms with van der Waals surface area (Å²) in [7, 11) is 0. The molecule has 0 unspecified atom stereocenters. The second kappa shape index (κ2) is 17.1. The van der Waals surface area contributed by atoms with Crippen molar-refractivity contribution in [2.24, 2.45) is 10.2 Å². The number of non-ortho nitro benzene ring substituents is 1. The fourth-order valence-electron chi connectivity index (χ4n) is 6.17. The highest BCUT2D eigenvalue weighted by molar-refractivity contribution is 9.10. The number of hydrogen-bond donors (Lipinski definition) is 5. The first-order chi connectivity index (χ1) is 27.1. The fourth-order valence-corrected chi connectivity index (χ4v) is 6.70. The number of ketones is 2. The predicted octanol–water partition coefficient (Wildman–Crippen LogP) is 8.85. The topological polar surface area (TPSA) is 251 Å². The highest BCUT2D eigenvalue weighted by Crippen LogP contribution is 2.45. The first-order valence-electron chi connectivity index (χ1n) is 17.6. The third-order valence-corrected chi connectivity index (χ3v) is 9.78. The Labute approximate surface area is 335 Å². The van der Waals surface area contributed by atoms with Gasteiger partial charge in [0.2, 0.25) is 17.5 Å². The number of rotatable bonds is 9. The zero-order valence-corrected chi connectivity index (χ0v) is 32.8. The molecule has 15 nitrogen and oxygen atoms in total. The lowest BCUT2D eigenvalue weighted by Gasteiger charge is -2.23. The van der Waals surface area contributed by atoms with Crippen LogP contribution in [0.2, 0.25) is 0 Å². The summed E-state index contributed by atoms with van der Waals surface area (Å²) in [5, 5.41) is 52.2. The van der Waals surface area contributed by atoms with Crippen LogP contribution >= 0.6 is 15.9 Å². The van der Waals surface area contributed by atoms with Crippen LogP contribution in [-0.2, 0) is 4.79 Å². The van der Waals surface area contributed by atoms with E-state index >= 15 is 0 Å². The first-order valence-corrected chi connectivity index (χ1v) is 18.4. The maximum atomic E-state index is 13.1. The second-order valence-electron chi connectivity index (χ2n) is 12.7. The third-order valence-electron chi connectivity index (χ3n) is 9.17. The van der Waals surface area contributed by atoms with Crippen molar-refractivity contribution < 1.29 is 29.5 Å². The molecule has 57 heavy (non-hydrogen) atoms. The van der Waals surface area contributed by atoms with Gasteiger partial charge >= 0.3 is 0 Å². The van der Waals surface area contributed by atoms with E-state index < -0.39 is 16.5 Å². The van der Waals surface area contributed by atoms with E-state index in [0.717, 1.165) is 30.4 Å². The average molecular weight is 834 g/mol. The van der Waals surface area contributed by atoms with Crippen molar-refractivity contribution >= 4 is 73.2 Å². The minimum Gasteiger partial charge on any atom is -0.507 e. The maximum absolute atomic E-state index is 13.1. The highest BCUT2D eigenvalue weighted by Gasteiger charge is 2.38. The number of nitro groups is 1. The number of benzene rings is 5. The molecule has 0 aromatic heterocycles. The van der Waals surface area contributed by atoms with E-state index in [4.69, 9.17) is 11.5 Å². The molecule has 0 saturated carbocycles. The van der Waals surface area contributed by atoms with Crippen LogP contribution in [0, 0.1) is 28.4 Å². The summed E-state index contributed by atoms with van der Waals surface area (Å²) in [5.41, 5.74) is 15.5. The van der Waals surface area contributed by atoms with E-state index in [-0.39, 0.29) is 72.4 Å². The van der Waals surface area contributed by atoms with E-state index in [1.807, 2.05) is 63.2 Å². The summed E-state index contributed by atoms with van der Waals surface area (Å²) in [6, 6.07) is 21.1. The molecular formula is C41H37BrN8O7. The second-order valence-corrected chi connectivity index (χ2v) is 13.6. The van der Waals surface area contributed by atoms with Crippen LogP contribution in [0.5, 0.6) is 11.5 Å². The van der Waals surface area contributed by atoms with E-state index in [2.05, 4.69) is 36.4 Å². The number of hydrogen-bond acceptors (Lipinski definition) is 13. The number of nitrogen functional groups attached to an aromatic ring is 2. The predicted molar refractivity (Wildman–Crippen MR) is 221 cm³/mol. The largest absolute Gasteiger partial charge is 0.507 e. The molecule has 5 aromatic carbocycles. The number of aromatic hydroxyl groups is 2. The molecule has 0 saturated heterocycles. The van der Waals surface area contributed by atoms with Gasteiger partial charge in [-0.15, -0.1) is 10.2 Å². The van der Waals surface area contributed by atoms with Gasteiger partial charge in [-0.3, -0.25) is 24.5 Å². The normalized spacial score (nSPS) is 11.6. The SMILES string of the molecule is CCC(=O)Nc1cc(N(CC)CC)ccc1N=Nc1c(Br)cc([N+](=O)[O-])cc1C#N.Cc1ccc(-c2cc(O)c3c(c2N)C(=O)c2c(O)ccc(N)c2C3=O)cc1. The number of phenolic OH excluding ortho intramolecular Hbond substituents is 2. The van der Waals surface area contributed by atoms with Gasteiger partial charge in [0.25, 0.3) is 5.69 Å². The molecule has 6 rings (SSSR count). The van der Waals surface area contributed by atoms with Crippen molar-refractivity contribution in [3.8, 4) is 28.7 Å². The Kier molecular flexibility index (Phi) is 12.3. The van der Waals surface area contributed by atoms with Crippen molar-refractivity contribution in [1.82, 2.24) is 0 Å². The Balaban J connectivity index is 0.000000218. The number of fused-ring (bicyclic) bond motifs is 2. The Morgan fingerprint density at radius 3 is 2.16 bits per heavy atom. The minimum absolute atomic E-state index is 0.0127. The number of nitro benzene ring substituents is 1. The number of aryl methyl sites for hydroxylation is 1. The molecule has 5 aromatic rings. The molecule has 0 atom stereocenters. The summed E-state index contributed by atoms with van der Waals surface area (Å²) in [6.07, 6.45) is 0.304. The van der Waals surface area contributed by atoms with Crippen LogP contribution < -0.4 is 21.7 Å². The van der Waals surface area contributed by atoms with Crippen molar-refractivity contribution in [3.63, 3.8) is 0 Å². The van der Waals surface area contributed by atoms with Gasteiger partial charge < -0.3 is 31.9 Å². The standard InChI is InChI=1S/C21H16N2O4.C20H21BrN6O3/c1-9-2-4-10(5-3-9)11-8-14(25)17-18(19(11)23)21(27)16-13(24)7-6-12(22)15(16)20(17)26;1-4-19(28)23-18-11-14(26(5-2)6-3)7-8-17(18)24-25-20-13(12-22)9-15(27(29)30)10-16(20)21/h2-8,24-25H,22-23H2,1H3;7-11H,4-6H2,1-3H3,(H,23,28). The zero-order valence-electron chi connectivity index (χ0n) is 31.3. The summed E-state index contributed by atoms with van der Waals surface area (Å²) in [5.74, 6) is -2.18. The molecule has 1 aliphatic carbocycles. The van der Waals surface area contributed by atoms with Gasteiger partial charge in [0, 0.05) is 48.6 Å². The summed E-state index contributed by atoms with van der Waals surface area (Å²) >= 11 is 3.21. The third kappa shape index (κ3) is 8.28. The zero-order chi connectivity index (χ0) is 41.7. The molecule has 1 aliphatic rings. The molecule has 1 amide bonds. The maximum Gasteiger partial charge on any atom is 0.272 e. The number of anilines is 4. The van der Waals surface area contributed by atoms with Crippen molar-refractivity contribution in [2.75, 3.05) is 34.8 Å². The number of nitrogens with one attached hydrogen (secondary N) is 1. The summed E-state index contributed by atoms with van der Waals surface area (Å²) in [4.78, 5) is 50.5. The number of nitrogens with two attached hydrogens (primary N) is 2. The van der Waals surface area contributed by atoms with Gasteiger partial charge in [-0.2, -0.15) is 5.26 Å². The Hall–Kier alpha value is -7.12. The van der Waals surface area contributed by atoms with Crippen molar-refractivity contribution in [2.45, 2.75) is 34.1 Å². The van der Waals surface area contributed by atoms with Crippen LogP contribution in [0.25, 0.3) is 11.1 Å². The Morgan fingerprint density at radius 2 is 1.54 bits per heavy atom. The summed E-state index contributed by atoms with van der Waals surface area (Å²) < 4.78 is 0.274. The smallest absolute Gasteiger partial charge is 0.272 e. The molecule has 0 heterocycles. The number of amides is 1. The first kappa shape index (κ1) is 41.1. The minimum atomic E-state index is -0.647. The fraction of sp³-hybridized carbons (Fsp3) is 0.171. The van der Waals surface area contributed by atoms with Crippen LogP contribution in [0.3, 0.4) is 0 Å². The molecule has 0 radical (unpaired) electrons. The summed E-state index contributed by atoms with van der Waals surface area (Å²) in [6.45, 7) is 9.37. The lowest BCUT2D eigenvalue weighted by molar-refractivity contribution is -0.384. The molecular weight excluding hydrogens is 796 g/mol. The molecule has 0 fully saturated rings. The Morgan fingerprint density at radius 1 is 0.895 bits per heavy atom. The van der Waals surface area contributed by atoms with Crippen molar-refractivity contribution in [1.29, 1.82) is 5.26 Å². The quantitative estimate of drug-likeness (QED) is 0.0302. The average Bonchev–Trinajstić information content (AvgIpc) is 3.19. The van der Waals surface area contributed by atoms with Crippen LogP contribution in [0.4, 0.5) is 39.8 Å². The van der Waals surface area contributed by atoms with Gasteiger partial charge in [0.1, 0.15) is 28.9 Å². The van der Waals surface area contributed by atoms with Gasteiger partial charge in [0.05, 0.1) is 48.6 Å². The molecule has 0 aliphatic heterocycles. The van der Waals surface area contributed by atoms with E-state index in [0.29, 0.717) is 28.9 Å². The van der Waals surface area contributed by atoms with Gasteiger partial charge in [-0.1, -0.05) is 36.8 Å². The van der Waals surface area contributed by atoms with E-state index in [9.17, 15) is 40.0 Å². The lowest BCUT2D eigenvalue weighted by atomic mass is 9.80. The number of azo groups is 1.